The zero-order valence-electron chi connectivity index (χ0n) is 19.1. The minimum atomic E-state index is 0.0517. The summed E-state index contributed by atoms with van der Waals surface area (Å²) < 4.78 is 10.9. The van der Waals surface area contributed by atoms with Crippen LogP contribution in [0.25, 0.3) is 0 Å². The Morgan fingerprint density at radius 2 is 1.77 bits per heavy atom. The molecule has 0 radical (unpaired) electrons. The summed E-state index contributed by atoms with van der Waals surface area (Å²) >= 11 is 0. The standard InChI is InChI=1S/C29H24N2O4/c1-20-14-15-34-27(28(20)32)17-30-24-12-8-22(9-13-24)5-3-2-4-21-6-10-23(11-7-21)29(33)31-18-26-16-25(31)19-35-26/h6-15,25-26,30,32H,1,16-19H2/t25-,26-/m1/s1. The Hall–Kier alpha value is -4.39. The first-order valence-electron chi connectivity index (χ1n) is 11.4. The number of aliphatic hydroxyl groups is 1. The van der Waals surface area contributed by atoms with E-state index in [9.17, 15) is 9.90 Å². The molecule has 2 saturated heterocycles. The molecule has 2 bridgehead atoms. The van der Waals surface area contributed by atoms with Crippen molar-refractivity contribution in [2.45, 2.75) is 18.6 Å². The lowest BCUT2D eigenvalue weighted by molar-refractivity contribution is 0.0259. The van der Waals surface area contributed by atoms with E-state index in [0.29, 0.717) is 36.6 Å². The van der Waals surface area contributed by atoms with Crippen LogP contribution in [0.3, 0.4) is 0 Å². The van der Waals surface area contributed by atoms with Crippen molar-refractivity contribution in [2.75, 3.05) is 25.0 Å². The number of anilines is 1. The van der Waals surface area contributed by atoms with E-state index in [-0.39, 0.29) is 23.8 Å². The van der Waals surface area contributed by atoms with Crippen LogP contribution in [0.5, 0.6) is 0 Å². The van der Waals surface area contributed by atoms with Gasteiger partial charge in [0.15, 0.2) is 11.5 Å². The molecule has 0 unspecified atom stereocenters. The highest BCUT2D eigenvalue weighted by atomic mass is 16.5. The van der Waals surface area contributed by atoms with Crippen molar-refractivity contribution < 1.29 is 19.4 Å². The molecule has 1 amide bonds. The number of carbonyl (C=O) groups excluding carboxylic acids is 1. The predicted molar refractivity (Wildman–Crippen MR) is 133 cm³/mol. The van der Waals surface area contributed by atoms with Crippen LogP contribution < -0.4 is 5.32 Å². The molecule has 0 aromatic heterocycles. The van der Waals surface area contributed by atoms with Crippen molar-refractivity contribution >= 4 is 11.6 Å². The van der Waals surface area contributed by atoms with E-state index in [1.165, 1.54) is 6.26 Å². The number of amides is 1. The lowest BCUT2D eigenvalue weighted by atomic mass is 10.1. The molecule has 2 fully saturated rings. The highest BCUT2D eigenvalue weighted by Gasteiger charge is 2.41. The second-order valence-corrected chi connectivity index (χ2v) is 8.53. The van der Waals surface area contributed by atoms with Gasteiger partial charge in [-0.2, -0.15) is 0 Å². The van der Waals surface area contributed by atoms with Crippen molar-refractivity contribution in [2.24, 2.45) is 0 Å². The van der Waals surface area contributed by atoms with Crippen LogP contribution in [-0.4, -0.2) is 47.8 Å². The van der Waals surface area contributed by atoms with Crippen LogP contribution in [-0.2, 0) is 9.47 Å². The molecule has 0 saturated carbocycles. The molecule has 5 rings (SSSR count). The van der Waals surface area contributed by atoms with Gasteiger partial charge in [0.05, 0.1) is 31.6 Å². The lowest BCUT2D eigenvalue weighted by Crippen LogP contribution is -2.41. The second-order valence-electron chi connectivity index (χ2n) is 8.53. The SMILES string of the molecule is C=C1C=COC(CNc2ccc(C#CC#Cc3ccc(C(=O)N4C[C@H]5C[C@@H]4CO5)cc3)cc2)=C1O. The largest absolute Gasteiger partial charge is 0.504 e. The number of carbonyl (C=O) groups is 1. The maximum Gasteiger partial charge on any atom is 0.254 e. The Balaban J connectivity index is 1.14. The van der Waals surface area contributed by atoms with E-state index in [1.54, 1.807) is 6.08 Å². The first-order chi connectivity index (χ1) is 17.1. The Morgan fingerprint density at radius 1 is 1.09 bits per heavy atom. The number of fused-ring (bicyclic) bond motifs is 2. The number of likely N-dealkylation sites (tertiary alicyclic amines) is 1. The first kappa shape index (κ1) is 22.4. The van der Waals surface area contributed by atoms with Gasteiger partial charge in [-0.3, -0.25) is 4.79 Å². The van der Waals surface area contributed by atoms with Gasteiger partial charge in [0.25, 0.3) is 5.91 Å². The number of morpholine rings is 1. The summed E-state index contributed by atoms with van der Waals surface area (Å²) in [6.45, 7) is 5.41. The number of hydrogen-bond acceptors (Lipinski definition) is 5. The Labute approximate surface area is 204 Å². The van der Waals surface area contributed by atoms with Gasteiger partial charge in [-0.25, -0.2) is 0 Å². The maximum atomic E-state index is 12.7. The molecule has 6 heteroatoms. The van der Waals surface area contributed by atoms with Crippen LogP contribution in [0.15, 0.2) is 84.5 Å². The first-order valence-corrected chi connectivity index (χ1v) is 11.4. The van der Waals surface area contributed by atoms with Crippen molar-refractivity contribution in [3.8, 4) is 23.7 Å². The van der Waals surface area contributed by atoms with Gasteiger partial charge in [-0.1, -0.05) is 18.4 Å². The molecule has 174 valence electrons. The third kappa shape index (κ3) is 5.09. The molecule has 2 N–H and O–H groups in total. The molecular formula is C29H24N2O4. The van der Waals surface area contributed by atoms with Crippen molar-refractivity contribution in [3.63, 3.8) is 0 Å². The fourth-order valence-electron chi connectivity index (χ4n) is 4.21. The fraction of sp³-hybridized carbons (Fsp3) is 0.207. The minimum absolute atomic E-state index is 0.0517. The molecule has 0 aliphatic carbocycles. The fourth-order valence-corrected chi connectivity index (χ4v) is 4.21. The van der Waals surface area contributed by atoms with Crippen LogP contribution >= 0.6 is 0 Å². The van der Waals surface area contributed by atoms with Gasteiger partial charge >= 0.3 is 0 Å². The van der Waals surface area contributed by atoms with Gasteiger partial charge in [0.2, 0.25) is 0 Å². The number of nitrogens with zero attached hydrogens (tertiary/aromatic N) is 1. The number of nitrogens with one attached hydrogen (secondary N) is 1. The summed E-state index contributed by atoms with van der Waals surface area (Å²) in [5.74, 6) is 12.3. The Kier molecular flexibility index (Phi) is 6.30. The minimum Gasteiger partial charge on any atom is -0.504 e. The predicted octanol–water partition coefficient (Wildman–Crippen LogP) is 3.98. The Bertz CT molecular complexity index is 1330. The number of aliphatic hydroxyl groups excluding tert-OH is 1. The van der Waals surface area contributed by atoms with E-state index in [4.69, 9.17) is 9.47 Å². The molecule has 3 heterocycles. The van der Waals surface area contributed by atoms with E-state index < -0.39 is 0 Å². The van der Waals surface area contributed by atoms with E-state index in [2.05, 4.69) is 35.6 Å². The summed E-state index contributed by atoms with van der Waals surface area (Å²) in [5.41, 5.74) is 3.71. The Morgan fingerprint density at radius 3 is 2.40 bits per heavy atom. The maximum absolute atomic E-state index is 12.7. The monoisotopic (exact) mass is 464 g/mol. The highest BCUT2D eigenvalue weighted by Crippen LogP contribution is 2.29. The molecular weight excluding hydrogens is 440 g/mol. The van der Waals surface area contributed by atoms with Crippen LogP contribution in [0.1, 0.15) is 27.9 Å². The molecule has 2 aromatic rings. The van der Waals surface area contributed by atoms with Crippen molar-refractivity contribution in [1.29, 1.82) is 0 Å². The molecule has 3 aliphatic rings. The van der Waals surface area contributed by atoms with Gasteiger partial charge in [0.1, 0.15) is 0 Å². The summed E-state index contributed by atoms with van der Waals surface area (Å²) in [6.07, 6.45) is 4.25. The van der Waals surface area contributed by atoms with Gasteiger partial charge in [-0.15, -0.1) is 0 Å². The summed E-state index contributed by atoms with van der Waals surface area (Å²) in [7, 11) is 0. The smallest absolute Gasteiger partial charge is 0.254 e. The normalized spacial score (nSPS) is 20.0. The third-order valence-electron chi connectivity index (χ3n) is 6.16. The zero-order valence-corrected chi connectivity index (χ0v) is 19.1. The van der Waals surface area contributed by atoms with Gasteiger partial charge < -0.3 is 24.8 Å². The number of allylic oxidation sites excluding steroid dienone is 1. The number of rotatable bonds is 4. The average molecular weight is 465 g/mol. The summed E-state index contributed by atoms with van der Waals surface area (Å²) in [6, 6.07) is 15.1. The molecule has 2 atom stereocenters. The lowest BCUT2D eigenvalue weighted by Gasteiger charge is -2.26. The molecule has 6 nitrogen and oxygen atoms in total. The van der Waals surface area contributed by atoms with Gasteiger partial charge in [-0.05, 0) is 72.9 Å². The van der Waals surface area contributed by atoms with Crippen LogP contribution in [0.4, 0.5) is 5.69 Å². The number of ether oxygens (including phenoxy) is 2. The quantitative estimate of drug-likeness (QED) is 0.670. The van der Waals surface area contributed by atoms with Crippen LogP contribution in [0.2, 0.25) is 0 Å². The molecule has 35 heavy (non-hydrogen) atoms. The second kappa shape index (κ2) is 9.85. The molecule has 0 spiro atoms. The number of benzene rings is 2. The van der Waals surface area contributed by atoms with Crippen molar-refractivity contribution in [1.82, 2.24) is 4.90 Å². The average Bonchev–Trinajstić information content (AvgIpc) is 3.52. The molecule has 3 aliphatic heterocycles. The molecule has 2 aromatic carbocycles. The van der Waals surface area contributed by atoms with Crippen molar-refractivity contribution in [3.05, 3.63) is 101 Å². The van der Waals surface area contributed by atoms with Gasteiger partial charge in [0, 0.05) is 34.5 Å². The zero-order chi connectivity index (χ0) is 24.2. The van der Waals surface area contributed by atoms with Crippen LogP contribution in [0, 0.1) is 23.7 Å². The number of hydrogen-bond donors (Lipinski definition) is 2. The summed E-state index contributed by atoms with van der Waals surface area (Å²) in [4.78, 5) is 14.6. The summed E-state index contributed by atoms with van der Waals surface area (Å²) in [5, 5.41) is 13.2. The highest BCUT2D eigenvalue weighted by molar-refractivity contribution is 5.94. The van der Waals surface area contributed by atoms with E-state index in [1.807, 2.05) is 53.4 Å². The third-order valence-corrected chi connectivity index (χ3v) is 6.16. The topological polar surface area (TPSA) is 71.0 Å². The van der Waals surface area contributed by atoms with E-state index >= 15 is 0 Å². The van der Waals surface area contributed by atoms with E-state index in [0.717, 1.165) is 23.2 Å².